The van der Waals surface area contributed by atoms with Crippen LogP contribution < -0.4 is 15.4 Å². The van der Waals surface area contributed by atoms with Crippen LogP contribution in [0.4, 0.5) is 11.4 Å². The summed E-state index contributed by atoms with van der Waals surface area (Å²) in [5.41, 5.74) is 10.9. The second-order valence-corrected chi connectivity index (χ2v) is 5.22. The van der Waals surface area contributed by atoms with Crippen LogP contribution in [0.1, 0.15) is 17.5 Å². The molecule has 0 radical (unpaired) electrons. The summed E-state index contributed by atoms with van der Waals surface area (Å²) in [6, 6.07) is 14.5. The fourth-order valence-electron chi connectivity index (χ4n) is 2.84. The Hall–Kier alpha value is -1.87. The fraction of sp³-hybridized carbons (Fsp3) is 0.294. The highest BCUT2D eigenvalue weighted by atomic mass is 35.5. The van der Waals surface area contributed by atoms with Gasteiger partial charge in [0.2, 0.25) is 0 Å². The number of hydrogen-bond donors (Lipinski definition) is 1. The van der Waals surface area contributed by atoms with Gasteiger partial charge in [-0.2, -0.15) is 0 Å². The van der Waals surface area contributed by atoms with Gasteiger partial charge in [0.15, 0.2) is 0 Å². The Morgan fingerprint density at radius 3 is 2.62 bits per heavy atom. The third-order valence-electron chi connectivity index (χ3n) is 3.92. The van der Waals surface area contributed by atoms with Crippen molar-refractivity contribution in [3.05, 3.63) is 53.6 Å². The second kappa shape index (κ2) is 6.72. The molecule has 2 N–H and O–H groups in total. The Morgan fingerprint density at radius 1 is 1.14 bits per heavy atom. The van der Waals surface area contributed by atoms with Crippen LogP contribution in [0, 0.1) is 0 Å². The Kier molecular flexibility index (Phi) is 4.97. The van der Waals surface area contributed by atoms with Crippen molar-refractivity contribution in [2.75, 3.05) is 24.3 Å². The summed E-state index contributed by atoms with van der Waals surface area (Å²) in [7, 11) is 1.69. The number of nitrogen functional groups attached to an aromatic ring is 1. The first-order chi connectivity index (χ1) is 9.78. The summed E-state index contributed by atoms with van der Waals surface area (Å²) in [4.78, 5) is 2.41. The first-order valence-electron chi connectivity index (χ1n) is 7.03. The summed E-state index contributed by atoms with van der Waals surface area (Å²) in [6.45, 7) is 2.00. The topological polar surface area (TPSA) is 38.5 Å². The van der Waals surface area contributed by atoms with Crippen molar-refractivity contribution in [3.63, 3.8) is 0 Å². The molecule has 3 rings (SSSR count). The smallest absolute Gasteiger partial charge is 0.118 e. The highest BCUT2D eigenvalue weighted by Gasteiger charge is 2.18. The van der Waals surface area contributed by atoms with E-state index in [0.29, 0.717) is 0 Å². The predicted molar refractivity (Wildman–Crippen MR) is 90.5 cm³/mol. The van der Waals surface area contributed by atoms with E-state index in [1.165, 1.54) is 16.8 Å². The Bertz CT molecular complexity index is 598. The molecule has 1 aliphatic rings. The van der Waals surface area contributed by atoms with E-state index in [-0.39, 0.29) is 12.4 Å². The lowest BCUT2D eigenvalue weighted by atomic mass is 9.99. The van der Waals surface area contributed by atoms with Gasteiger partial charge in [-0.1, -0.05) is 18.2 Å². The third kappa shape index (κ3) is 3.24. The molecule has 0 amide bonds. The molecule has 112 valence electrons. The average molecular weight is 305 g/mol. The van der Waals surface area contributed by atoms with Crippen molar-refractivity contribution in [1.29, 1.82) is 0 Å². The van der Waals surface area contributed by atoms with E-state index in [9.17, 15) is 0 Å². The van der Waals surface area contributed by atoms with Crippen molar-refractivity contribution in [3.8, 4) is 5.75 Å². The average Bonchev–Trinajstić information content (AvgIpc) is 2.49. The molecule has 1 heterocycles. The van der Waals surface area contributed by atoms with Gasteiger partial charge >= 0.3 is 0 Å². The molecule has 0 atom stereocenters. The van der Waals surface area contributed by atoms with Crippen LogP contribution in [0.3, 0.4) is 0 Å². The van der Waals surface area contributed by atoms with Crippen LogP contribution in [0.2, 0.25) is 0 Å². The van der Waals surface area contributed by atoms with Gasteiger partial charge in [-0.25, -0.2) is 0 Å². The van der Waals surface area contributed by atoms with Crippen molar-refractivity contribution < 1.29 is 4.74 Å². The highest BCUT2D eigenvalue weighted by Crippen LogP contribution is 2.32. The van der Waals surface area contributed by atoms with Gasteiger partial charge in [-0.05, 0) is 48.2 Å². The monoisotopic (exact) mass is 304 g/mol. The van der Waals surface area contributed by atoms with Crippen LogP contribution in [0.5, 0.6) is 5.75 Å². The Balaban J connectivity index is 0.00000161. The second-order valence-electron chi connectivity index (χ2n) is 5.22. The molecular formula is C17H21ClN2O. The maximum absolute atomic E-state index is 6.09. The standard InChI is InChI=1S/C17H20N2O.ClH/c1-20-14-9-7-13(8-10-14)12-19-11-3-4-15-16(18)5-2-6-17(15)19;/h2,5-10H,3-4,11-12,18H2,1H3;1H. The van der Waals surface area contributed by atoms with E-state index in [2.05, 4.69) is 23.1 Å². The summed E-state index contributed by atoms with van der Waals surface area (Å²) >= 11 is 0. The van der Waals surface area contributed by atoms with Crippen LogP contribution in [-0.4, -0.2) is 13.7 Å². The van der Waals surface area contributed by atoms with E-state index in [1.807, 2.05) is 24.3 Å². The number of ether oxygens (including phenoxy) is 1. The molecule has 0 aliphatic carbocycles. The number of anilines is 2. The molecule has 2 aromatic carbocycles. The van der Waals surface area contributed by atoms with Gasteiger partial charge in [-0.15, -0.1) is 12.4 Å². The summed E-state index contributed by atoms with van der Waals surface area (Å²) in [5, 5.41) is 0. The molecule has 2 aromatic rings. The van der Waals surface area contributed by atoms with E-state index < -0.39 is 0 Å². The summed E-state index contributed by atoms with van der Waals surface area (Å²) < 4.78 is 5.20. The molecule has 0 spiro atoms. The lowest BCUT2D eigenvalue weighted by Gasteiger charge is -2.32. The normalized spacial score (nSPS) is 13.3. The predicted octanol–water partition coefficient (Wildman–Crippen LogP) is 3.65. The quantitative estimate of drug-likeness (QED) is 0.880. The van der Waals surface area contributed by atoms with Crippen LogP contribution >= 0.6 is 12.4 Å². The molecule has 0 unspecified atom stereocenters. The molecule has 0 bridgehead atoms. The third-order valence-corrected chi connectivity index (χ3v) is 3.92. The molecule has 1 aliphatic heterocycles. The van der Waals surface area contributed by atoms with Crippen molar-refractivity contribution >= 4 is 23.8 Å². The molecule has 21 heavy (non-hydrogen) atoms. The first kappa shape index (κ1) is 15.5. The van der Waals surface area contributed by atoms with Crippen molar-refractivity contribution in [1.82, 2.24) is 0 Å². The number of methoxy groups -OCH3 is 1. The molecule has 0 fully saturated rings. The van der Waals surface area contributed by atoms with E-state index in [0.717, 1.165) is 37.4 Å². The number of nitrogens with two attached hydrogens (primary N) is 1. The minimum absolute atomic E-state index is 0. The largest absolute Gasteiger partial charge is 0.497 e. The van der Waals surface area contributed by atoms with Gasteiger partial charge in [0.1, 0.15) is 5.75 Å². The lowest BCUT2D eigenvalue weighted by Crippen LogP contribution is -2.29. The maximum Gasteiger partial charge on any atom is 0.118 e. The van der Waals surface area contributed by atoms with Crippen molar-refractivity contribution in [2.45, 2.75) is 19.4 Å². The SMILES string of the molecule is COc1ccc(CN2CCCc3c(N)cccc32)cc1.Cl. The Morgan fingerprint density at radius 2 is 1.90 bits per heavy atom. The lowest BCUT2D eigenvalue weighted by molar-refractivity contribution is 0.414. The molecule has 0 aromatic heterocycles. The minimum Gasteiger partial charge on any atom is -0.497 e. The number of halogens is 1. The number of nitrogens with zero attached hydrogens (tertiary/aromatic N) is 1. The molecule has 3 nitrogen and oxygen atoms in total. The van der Waals surface area contributed by atoms with Crippen LogP contribution in [0.15, 0.2) is 42.5 Å². The zero-order valence-electron chi connectivity index (χ0n) is 12.2. The molecule has 0 saturated carbocycles. The zero-order valence-corrected chi connectivity index (χ0v) is 13.0. The molecule has 4 heteroatoms. The van der Waals surface area contributed by atoms with Gasteiger partial charge in [0, 0.05) is 24.5 Å². The minimum atomic E-state index is 0. The number of rotatable bonds is 3. The Labute approximate surface area is 132 Å². The van der Waals surface area contributed by atoms with Gasteiger partial charge < -0.3 is 15.4 Å². The highest BCUT2D eigenvalue weighted by molar-refractivity contribution is 5.85. The van der Waals surface area contributed by atoms with E-state index in [4.69, 9.17) is 10.5 Å². The van der Waals surface area contributed by atoms with Crippen LogP contribution in [-0.2, 0) is 13.0 Å². The first-order valence-corrected chi connectivity index (χ1v) is 7.03. The maximum atomic E-state index is 6.09. The van der Waals surface area contributed by atoms with Gasteiger partial charge in [0.25, 0.3) is 0 Å². The number of benzene rings is 2. The van der Waals surface area contributed by atoms with E-state index >= 15 is 0 Å². The number of hydrogen-bond acceptors (Lipinski definition) is 3. The zero-order chi connectivity index (χ0) is 13.9. The van der Waals surface area contributed by atoms with Gasteiger partial charge in [0.05, 0.1) is 7.11 Å². The fourth-order valence-corrected chi connectivity index (χ4v) is 2.84. The number of fused-ring (bicyclic) bond motifs is 1. The van der Waals surface area contributed by atoms with Gasteiger partial charge in [-0.3, -0.25) is 0 Å². The molecular weight excluding hydrogens is 284 g/mol. The molecule has 0 saturated heterocycles. The summed E-state index contributed by atoms with van der Waals surface area (Å²) in [5.74, 6) is 0.900. The summed E-state index contributed by atoms with van der Waals surface area (Å²) in [6.07, 6.45) is 2.25. The van der Waals surface area contributed by atoms with E-state index in [1.54, 1.807) is 7.11 Å². The van der Waals surface area contributed by atoms with Crippen molar-refractivity contribution in [2.24, 2.45) is 0 Å². The van der Waals surface area contributed by atoms with Crippen LogP contribution in [0.25, 0.3) is 0 Å².